The first-order valence-electron chi connectivity index (χ1n) is 12.5. The van der Waals surface area contributed by atoms with Gasteiger partial charge in [0.2, 0.25) is 5.43 Å². The molecule has 6 radical (unpaired) electrons. The Bertz CT molecular complexity index is 1950. The molecule has 0 amide bonds. The van der Waals surface area contributed by atoms with Crippen molar-refractivity contribution in [2.75, 3.05) is 36.5 Å². The molecule has 200 valence electrons. The maximum Gasteiger partial charge on any atom is 0.341 e. The minimum Gasteiger partial charge on any atom is -0.477 e. The maximum absolute atomic E-state index is 15.6. The van der Waals surface area contributed by atoms with Gasteiger partial charge in [-0.1, -0.05) is 5.24 Å². The van der Waals surface area contributed by atoms with E-state index in [0.29, 0.717) is 43.1 Å². The number of halogens is 2. The molecule has 15 heteroatoms. The van der Waals surface area contributed by atoms with Crippen molar-refractivity contribution in [2.24, 2.45) is 7.05 Å². The summed E-state index contributed by atoms with van der Waals surface area (Å²) in [7, 11) is 18.7. The number of aryl methyl sites for hydroxylation is 1. The van der Waals surface area contributed by atoms with Crippen molar-refractivity contribution in [1.82, 2.24) is 19.5 Å². The van der Waals surface area contributed by atoms with Crippen LogP contribution in [0.25, 0.3) is 44.1 Å². The van der Waals surface area contributed by atoms with Crippen molar-refractivity contribution >= 4 is 73.9 Å². The molecule has 1 saturated heterocycles. The van der Waals surface area contributed by atoms with E-state index < -0.39 is 33.8 Å². The van der Waals surface area contributed by atoms with Gasteiger partial charge in [-0.15, -0.1) is 0 Å². The zero-order valence-electron chi connectivity index (χ0n) is 21.7. The van der Waals surface area contributed by atoms with Gasteiger partial charge in [0.05, 0.1) is 69.8 Å². The number of nitrogens with one attached hydrogen (secondary N) is 2. The smallest absolute Gasteiger partial charge is 0.341 e. The average Bonchev–Trinajstić information content (AvgIpc) is 3.32. The summed E-state index contributed by atoms with van der Waals surface area (Å²) < 4.78 is 37.5. The number of pyridine rings is 3. The lowest BCUT2D eigenvalue weighted by Gasteiger charge is -2.31. The standard InChI is InChI=1S/C26H19B3F2N6O4/c1-36-10-14(25(39)40)22(38)12-6-11(8-33-24(12)36)13-9-32-23-18(21(13)37-2-4-41-5-3-37)17-19(31)15(30)7-16(20(17)34-23)35-26(27,28)29/h6-10,35H,2-5H2,1H3,(H,32,34)(H,39,40). The second-order valence-corrected chi connectivity index (χ2v) is 9.88. The summed E-state index contributed by atoms with van der Waals surface area (Å²) in [6.07, 6.45) is 4.25. The number of benzene rings is 1. The molecule has 5 heterocycles. The molecule has 0 atom stereocenters. The van der Waals surface area contributed by atoms with Crippen LogP contribution in [-0.2, 0) is 11.8 Å². The lowest BCUT2D eigenvalue weighted by Crippen LogP contribution is -2.39. The van der Waals surface area contributed by atoms with Gasteiger partial charge in [0.1, 0.15) is 16.9 Å². The van der Waals surface area contributed by atoms with Gasteiger partial charge in [0.25, 0.3) is 0 Å². The van der Waals surface area contributed by atoms with Crippen LogP contribution in [0.5, 0.6) is 0 Å². The maximum atomic E-state index is 15.6. The van der Waals surface area contributed by atoms with Crippen molar-refractivity contribution in [3.63, 3.8) is 0 Å². The van der Waals surface area contributed by atoms with E-state index in [1.54, 1.807) is 7.05 Å². The molecule has 41 heavy (non-hydrogen) atoms. The van der Waals surface area contributed by atoms with Crippen molar-refractivity contribution in [1.29, 1.82) is 0 Å². The molecule has 1 fully saturated rings. The first kappa shape index (κ1) is 26.8. The molecule has 10 nitrogen and oxygen atoms in total. The molecule has 0 aliphatic carbocycles. The Morgan fingerprint density at radius 2 is 1.88 bits per heavy atom. The summed E-state index contributed by atoms with van der Waals surface area (Å²) >= 11 is 0. The molecule has 1 aliphatic rings. The molecule has 1 aliphatic heterocycles. The van der Waals surface area contributed by atoms with Crippen LogP contribution >= 0.6 is 0 Å². The highest BCUT2D eigenvalue weighted by Gasteiger charge is 2.27. The molecule has 0 unspecified atom stereocenters. The molecule has 4 aromatic heterocycles. The van der Waals surface area contributed by atoms with Gasteiger partial charge < -0.3 is 29.6 Å². The van der Waals surface area contributed by atoms with E-state index in [1.807, 2.05) is 4.90 Å². The van der Waals surface area contributed by atoms with Crippen LogP contribution in [0.3, 0.4) is 0 Å². The second kappa shape index (κ2) is 9.62. The number of hydrogen-bond donors (Lipinski definition) is 3. The molecule has 0 spiro atoms. The number of carboxylic acids is 1. The Hall–Kier alpha value is -4.39. The Labute approximate surface area is 234 Å². The SMILES string of the molecule is [B]C([B])([B])Nc1cc(F)c(F)c2c1[nH]c1ncc(-c3cnc4c(c3)c(=O)c(C(=O)O)cn4C)c(N3CCOCC3)c12. The Balaban J connectivity index is 1.70. The molecule has 6 rings (SSSR count). The van der Waals surface area contributed by atoms with Crippen LogP contribution in [0.4, 0.5) is 20.2 Å². The Morgan fingerprint density at radius 3 is 2.56 bits per heavy atom. The van der Waals surface area contributed by atoms with Crippen molar-refractivity contribution in [3.05, 3.63) is 58.1 Å². The van der Waals surface area contributed by atoms with Crippen LogP contribution in [0.15, 0.2) is 35.5 Å². The molecular formula is C26H19B3F2N6O4. The van der Waals surface area contributed by atoms with E-state index in [-0.39, 0.29) is 38.7 Å². The number of aromatic carboxylic acids is 1. The van der Waals surface area contributed by atoms with E-state index in [2.05, 4.69) is 20.3 Å². The summed E-state index contributed by atoms with van der Waals surface area (Å²) in [4.78, 5) is 38.6. The van der Waals surface area contributed by atoms with Gasteiger partial charge in [-0.2, -0.15) is 0 Å². The predicted octanol–water partition coefficient (Wildman–Crippen LogP) is 1.97. The Kier molecular flexibility index (Phi) is 6.29. The second-order valence-electron chi connectivity index (χ2n) is 9.88. The number of aromatic amines is 1. The number of rotatable bonds is 5. The van der Waals surface area contributed by atoms with E-state index in [0.717, 1.165) is 6.07 Å². The number of aromatic nitrogens is 4. The third kappa shape index (κ3) is 4.50. The van der Waals surface area contributed by atoms with E-state index in [1.165, 1.54) is 29.2 Å². The van der Waals surface area contributed by atoms with Gasteiger partial charge in [-0.05, 0) is 6.07 Å². The lowest BCUT2D eigenvalue weighted by molar-refractivity contribution is 0.0695. The minimum atomic E-state index is -1.93. The zero-order valence-corrected chi connectivity index (χ0v) is 21.7. The fraction of sp³-hybridized carbons (Fsp3) is 0.231. The molecular weight excluding hydrogens is 531 g/mol. The number of hydrogen-bond acceptors (Lipinski definition) is 7. The minimum absolute atomic E-state index is 0.0240. The number of H-pyrrole nitrogens is 1. The first-order chi connectivity index (χ1) is 19.4. The summed E-state index contributed by atoms with van der Waals surface area (Å²) in [5.74, 6) is -3.66. The summed E-state index contributed by atoms with van der Waals surface area (Å²) in [6.45, 7) is 1.60. The summed E-state index contributed by atoms with van der Waals surface area (Å²) in [6, 6.07) is 2.42. The van der Waals surface area contributed by atoms with Crippen LogP contribution < -0.4 is 15.6 Å². The van der Waals surface area contributed by atoms with Crippen molar-refractivity contribution in [2.45, 2.75) is 5.24 Å². The number of fused-ring (bicyclic) bond motifs is 4. The quantitative estimate of drug-likeness (QED) is 0.284. The first-order valence-corrected chi connectivity index (χ1v) is 12.5. The number of anilines is 2. The third-order valence-corrected chi connectivity index (χ3v) is 7.00. The predicted molar refractivity (Wildman–Crippen MR) is 153 cm³/mol. The number of carboxylic acid groups (broad SMARTS) is 1. The van der Waals surface area contributed by atoms with Gasteiger partial charge >= 0.3 is 5.97 Å². The van der Waals surface area contributed by atoms with Gasteiger partial charge in [-0.25, -0.2) is 23.5 Å². The highest BCUT2D eigenvalue weighted by atomic mass is 19.2. The number of ether oxygens (including phenoxy) is 1. The number of carbonyl (C=O) groups is 1. The number of morpholine rings is 1. The number of nitrogens with zero attached hydrogens (tertiary/aromatic N) is 4. The van der Waals surface area contributed by atoms with Gasteiger partial charge in [-0.3, -0.25) is 4.79 Å². The monoisotopic (exact) mass is 550 g/mol. The van der Waals surface area contributed by atoms with E-state index >= 15 is 4.39 Å². The van der Waals surface area contributed by atoms with E-state index in [9.17, 15) is 19.1 Å². The summed E-state index contributed by atoms with van der Waals surface area (Å²) in [5.41, 5.74) is 0.937. The van der Waals surface area contributed by atoms with E-state index in [4.69, 9.17) is 28.3 Å². The molecule has 0 bridgehead atoms. The molecule has 1 aromatic carbocycles. The Morgan fingerprint density at radius 1 is 1.15 bits per heavy atom. The van der Waals surface area contributed by atoms with Crippen molar-refractivity contribution in [3.8, 4) is 11.1 Å². The fourth-order valence-electron chi connectivity index (χ4n) is 5.26. The topological polar surface area (TPSA) is 125 Å². The van der Waals surface area contributed by atoms with Crippen LogP contribution in [0, 0.1) is 11.6 Å². The van der Waals surface area contributed by atoms with Gasteiger partial charge in [0.15, 0.2) is 11.6 Å². The normalized spacial score (nSPS) is 14.3. The molecule has 5 aromatic rings. The molecule has 0 saturated carbocycles. The fourth-order valence-corrected chi connectivity index (χ4v) is 5.26. The highest BCUT2D eigenvalue weighted by molar-refractivity contribution is 6.60. The average molecular weight is 550 g/mol. The van der Waals surface area contributed by atoms with Gasteiger partial charge in [0, 0.05) is 55.9 Å². The lowest BCUT2D eigenvalue weighted by atomic mass is 9.49. The van der Waals surface area contributed by atoms with Crippen LogP contribution in [-0.4, -0.2) is 85.7 Å². The van der Waals surface area contributed by atoms with Crippen molar-refractivity contribution < 1.29 is 23.4 Å². The highest BCUT2D eigenvalue weighted by Crippen LogP contribution is 2.43. The summed E-state index contributed by atoms with van der Waals surface area (Å²) in [5, 5.41) is 10.4. The van der Waals surface area contributed by atoms with Crippen LogP contribution in [0.2, 0.25) is 0 Å². The largest absolute Gasteiger partial charge is 0.477 e. The zero-order chi connectivity index (χ0) is 29.2. The van der Waals surface area contributed by atoms with Crippen LogP contribution in [0.1, 0.15) is 10.4 Å². The third-order valence-electron chi connectivity index (χ3n) is 7.00. The molecule has 3 N–H and O–H groups in total.